The van der Waals surface area contributed by atoms with Crippen molar-refractivity contribution in [2.24, 2.45) is 0 Å². The van der Waals surface area contributed by atoms with Gasteiger partial charge in [0.2, 0.25) is 0 Å². The topological polar surface area (TPSA) is 78.2 Å². The highest BCUT2D eigenvalue weighted by Gasteiger charge is 2.23. The molecule has 0 bridgehead atoms. The minimum absolute atomic E-state index is 0.114. The van der Waals surface area contributed by atoms with Crippen LogP contribution in [0.4, 0.5) is 0 Å². The fraction of sp³-hybridized carbons (Fsp3) is 0.714. The van der Waals surface area contributed by atoms with Crippen molar-refractivity contribution in [3.8, 4) is 5.19 Å². The minimum Gasteiger partial charge on any atom is -0.469 e. The summed E-state index contributed by atoms with van der Waals surface area (Å²) >= 11 is 1.51. The van der Waals surface area contributed by atoms with Crippen LogP contribution in [0.15, 0.2) is 0 Å². The van der Waals surface area contributed by atoms with Crippen LogP contribution >= 0.6 is 11.3 Å². The summed E-state index contributed by atoms with van der Waals surface area (Å²) < 4.78 is 13.2. The molecule has 0 radical (unpaired) electrons. The highest BCUT2D eigenvalue weighted by atomic mass is 32.1. The molecule has 126 valence electrons. The smallest absolute Gasteiger partial charge is 0.294 e. The maximum Gasteiger partial charge on any atom is 0.294 e. The highest BCUT2D eigenvalue weighted by molar-refractivity contribution is 7.13. The Morgan fingerprint density at radius 1 is 1.35 bits per heavy atom. The van der Waals surface area contributed by atoms with Crippen LogP contribution in [0.2, 0.25) is 0 Å². The fourth-order valence-electron chi connectivity index (χ4n) is 2.64. The van der Waals surface area contributed by atoms with E-state index in [1.54, 1.807) is 0 Å². The first-order valence-corrected chi connectivity index (χ1v) is 8.63. The Kier molecular flexibility index (Phi) is 5.19. The first-order chi connectivity index (χ1) is 11.1. The first-order valence-electron chi connectivity index (χ1n) is 7.81. The van der Waals surface area contributed by atoms with Gasteiger partial charge in [-0.25, -0.2) is 9.67 Å². The van der Waals surface area contributed by atoms with Gasteiger partial charge in [0.15, 0.2) is 0 Å². The fourth-order valence-corrected chi connectivity index (χ4v) is 3.43. The van der Waals surface area contributed by atoms with Crippen LogP contribution in [0, 0.1) is 13.8 Å². The summed E-state index contributed by atoms with van der Waals surface area (Å²) in [5.74, 6) is 1.72. The number of hydrogen-bond acceptors (Lipinski definition) is 8. The zero-order valence-corrected chi connectivity index (χ0v) is 14.5. The van der Waals surface area contributed by atoms with Gasteiger partial charge in [0.1, 0.15) is 16.7 Å². The highest BCUT2D eigenvalue weighted by Crippen LogP contribution is 2.20. The molecule has 2 aromatic heterocycles. The van der Waals surface area contributed by atoms with E-state index in [1.165, 1.54) is 11.3 Å². The Balaban J connectivity index is 1.56. The van der Waals surface area contributed by atoms with E-state index in [-0.39, 0.29) is 6.10 Å². The van der Waals surface area contributed by atoms with E-state index in [4.69, 9.17) is 9.47 Å². The second-order valence-corrected chi connectivity index (χ2v) is 6.54. The van der Waals surface area contributed by atoms with Crippen LogP contribution in [0.5, 0.6) is 5.19 Å². The zero-order valence-electron chi connectivity index (χ0n) is 13.7. The maximum atomic E-state index is 5.87. The molecule has 0 spiro atoms. The molecule has 23 heavy (non-hydrogen) atoms. The molecule has 8 nitrogen and oxygen atoms in total. The van der Waals surface area contributed by atoms with E-state index in [2.05, 4.69) is 25.2 Å². The van der Waals surface area contributed by atoms with Gasteiger partial charge in [0.05, 0.1) is 32.4 Å². The van der Waals surface area contributed by atoms with Crippen LogP contribution in [-0.2, 0) is 17.8 Å². The largest absolute Gasteiger partial charge is 0.469 e. The molecular weight excluding hydrogens is 316 g/mol. The standard InChI is InChI=1S/C14H22N6O2S/c1-4-21-14-17-16-13(23-14)9-19-5-6-22-12(7-19)8-20-11(3)15-10(2)18-20/h12H,4-9H2,1-3H3/t12-/m0/s1. The Hall–Kier alpha value is -1.58. The predicted molar refractivity (Wildman–Crippen MR) is 85.6 cm³/mol. The normalized spacial score (nSPS) is 19.2. The molecule has 3 rings (SSSR count). The average Bonchev–Trinajstić information content (AvgIpc) is 3.07. The van der Waals surface area contributed by atoms with E-state index in [1.807, 2.05) is 25.5 Å². The Labute approximate surface area is 139 Å². The van der Waals surface area contributed by atoms with Gasteiger partial charge in [-0.2, -0.15) is 5.10 Å². The number of aryl methyl sites for hydroxylation is 2. The van der Waals surface area contributed by atoms with E-state index in [9.17, 15) is 0 Å². The molecule has 0 amide bonds. The second-order valence-electron chi connectivity index (χ2n) is 5.51. The van der Waals surface area contributed by atoms with E-state index < -0.39 is 0 Å². The van der Waals surface area contributed by atoms with Gasteiger partial charge in [-0.05, 0) is 20.8 Å². The van der Waals surface area contributed by atoms with Crippen LogP contribution < -0.4 is 4.74 Å². The van der Waals surface area contributed by atoms with Crippen molar-refractivity contribution in [2.45, 2.75) is 40.0 Å². The third-order valence-corrected chi connectivity index (χ3v) is 4.46. The van der Waals surface area contributed by atoms with Crippen LogP contribution in [0.1, 0.15) is 23.6 Å². The number of rotatable bonds is 6. The van der Waals surface area contributed by atoms with E-state index in [0.717, 1.165) is 42.8 Å². The maximum absolute atomic E-state index is 5.87. The second kappa shape index (κ2) is 7.33. The van der Waals surface area contributed by atoms with Crippen molar-refractivity contribution < 1.29 is 9.47 Å². The van der Waals surface area contributed by atoms with Gasteiger partial charge < -0.3 is 9.47 Å². The molecular formula is C14H22N6O2S. The van der Waals surface area contributed by atoms with Gasteiger partial charge in [-0.15, -0.1) is 10.2 Å². The Morgan fingerprint density at radius 3 is 2.96 bits per heavy atom. The molecule has 0 unspecified atom stereocenters. The van der Waals surface area contributed by atoms with Crippen molar-refractivity contribution in [3.05, 3.63) is 16.7 Å². The lowest BCUT2D eigenvalue weighted by molar-refractivity contribution is -0.0406. The lowest BCUT2D eigenvalue weighted by Crippen LogP contribution is -2.43. The molecule has 1 aliphatic rings. The number of morpholine rings is 1. The third kappa shape index (κ3) is 4.24. The number of nitrogens with zero attached hydrogens (tertiary/aromatic N) is 6. The Bertz CT molecular complexity index is 643. The molecule has 3 heterocycles. The number of ether oxygens (including phenoxy) is 2. The summed E-state index contributed by atoms with van der Waals surface area (Å²) in [5.41, 5.74) is 0. The summed E-state index contributed by atoms with van der Waals surface area (Å²) in [7, 11) is 0. The van der Waals surface area contributed by atoms with Crippen molar-refractivity contribution in [2.75, 3.05) is 26.3 Å². The predicted octanol–water partition coefficient (Wildman–Crippen LogP) is 1.05. The minimum atomic E-state index is 0.114. The molecule has 0 aliphatic carbocycles. The molecule has 1 saturated heterocycles. The monoisotopic (exact) mass is 338 g/mol. The average molecular weight is 338 g/mol. The number of aromatic nitrogens is 5. The number of hydrogen-bond donors (Lipinski definition) is 0. The molecule has 0 N–H and O–H groups in total. The Morgan fingerprint density at radius 2 is 2.22 bits per heavy atom. The molecule has 1 atom stereocenters. The van der Waals surface area contributed by atoms with Crippen molar-refractivity contribution in [1.29, 1.82) is 0 Å². The summed E-state index contributed by atoms with van der Waals surface area (Å²) in [4.78, 5) is 6.67. The molecule has 1 aliphatic heterocycles. The van der Waals surface area contributed by atoms with E-state index >= 15 is 0 Å². The lowest BCUT2D eigenvalue weighted by atomic mass is 10.2. The van der Waals surface area contributed by atoms with Crippen LogP contribution in [0.25, 0.3) is 0 Å². The summed E-state index contributed by atoms with van der Waals surface area (Å²) in [5, 5.41) is 14.2. The summed E-state index contributed by atoms with van der Waals surface area (Å²) in [6.07, 6.45) is 0.114. The van der Waals surface area contributed by atoms with Gasteiger partial charge >= 0.3 is 0 Å². The lowest BCUT2D eigenvalue weighted by Gasteiger charge is -2.32. The van der Waals surface area contributed by atoms with Crippen molar-refractivity contribution >= 4 is 11.3 Å². The van der Waals surface area contributed by atoms with Gasteiger partial charge in [-0.3, -0.25) is 4.90 Å². The molecule has 9 heteroatoms. The van der Waals surface area contributed by atoms with Crippen LogP contribution in [0.3, 0.4) is 0 Å². The SMILES string of the molecule is CCOc1nnc(CN2CCO[C@H](Cn3nc(C)nc3C)C2)s1. The summed E-state index contributed by atoms with van der Waals surface area (Å²) in [6.45, 7) is 10.4. The first kappa shape index (κ1) is 16.3. The molecule has 2 aromatic rings. The molecule has 0 aromatic carbocycles. The van der Waals surface area contributed by atoms with E-state index in [0.29, 0.717) is 18.4 Å². The van der Waals surface area contributed by atoms with Crippen molar-refractivity contribution in [3.63, 3.8) is 0 Å². The van der Waals surface area contributed by atoms with Gasteiger partial charge in [-0.1, -0.05) is 11.3 Å². The van der Waals surface area contributed by atoms with Crippen molar-refractivity contribution in [1.82, 2.24) is 29.9 Å². The third-order valence-electron chi connectivity index (χ3n) is 3.64. The van der Waals surface area contributed by atoms with Gasteiger partial charge in [0.25, 0.3) is 5.19 Å². The molecule has 0 saturated carbocycles. The quantitative estimate of drug-likeness (QED) is 0.779. The van der Waals surface area contributed by atoms with Gasteiger partial charge in [0, 0.05) is 13.1 Å². The van der Waals surface area contributed by atoms with Crippen LogP contribution in [-0.4, -0.2) is 62.3 Å². The zero-order chi connectivity index (χ0) is 16.2. The summed E-state index contributed by atoms with van der Waals surface area (Å²) in [6, 6.07) is 0. The molecule has 1 fully saturated rings.